The highest BCUT2D eigenvalue weighted by atomic mass is 35.5. The standard InChI is InChI=1S/C26H24ClN3O2.C7H12.C2H4O2/c1-4-6-18-13-22(17-29-16-18)30(11-12-31)26(32)23-9-7-21(15-24(23)27)20-8-10-25(28-3)19(5-2)14-20;1-2-7-4-3-6(1)5-7;1-4-2-3/h4-11,13-17,26,28,32H,2H2,1,3H3;6-7H,1-5H2;2H,1H3/b6-4+;;. The summed E-state index contributed by atoms with van der Waals surface area (Å²) in [6.45, 7) is 6.14. The van der Waals surface area contributed by atoms with Crippen LogP contribution in [0.3, 0.4) is 0 Å². The van der Waals surface area contributed by atoms with Gasteiger partial charge in [0.2, 0.25) is 0 Å². The Morgan fingerprint density at radius 3 is 2.28 bits per heavy atom. The third kappa shape index (κ3) is 9.16. The van der Waals surface area contributed by atoms with Gasteiger partial charge in [-0.1, -0.05) is 80.3 Å². The molecule has 226 valence electrons. The summed E-state index contributed by atoms with van der Waals surface area (Å²) in [6, 6.07) is 13.2. The van der Waals surface area contributed by atoms with E-state index in [0.29, 0.717) is 22.7 Å². The number of benzene rings is 2. The molecule has 2 N–H and O–H groups in total. The average molecular weight is 602 g/mol. The first-order valence-corrected chi connectivity index (χ1v) is 14.7. The SMILES string of the molecule is C1CC2CCC1C2.C=Cc1cc(-c2ccc(C(O)N(C=C=O)c3cncc(/C=C/C)c3)c(Cl)c2)ccc1NC.COC=O. The highest BCUT2D eigenvalue weighted by Gasteiger charge is 2.30. The van der Waals surface area contributed by atoms with Crippen molar-refractivity contribution >= 4 is 47.5 Å². The Hall–Kier alpha value is -4.16. The van der Waals surface area contributed by atoms with Crippen molar-refractivity contribution in [3.8, 4) is 11.1 Å². The second-order valence-electron chi connectivity index (χ2n) is 10.5. The van der Waals surface area contributed by atoms with Crippen molar-refractivity contribution in [3.05, 3.63) is 95.4 Å². The molecule has 2 aromatic carbocycles. The summed E-state index contributed by atoms with van der Waals surface area (Å²) in [4.78, 5) is 25.7. The van der Waals surface area contributed by atoms with Gasteiger partial charge in [0.1, 0.15) is 5.94 Å². The lowest BCUT2D eigenvalue weighted by Crippen LogP contribution is -2.23. The molecule has 1 heterocycles. The zero-order valence-electron chi connectivity index (χ0n) is 25.0. The first kappa shape index (κ1) is 33.3. The monoisotopic (exact) mass is 601 g/mol. The minimum atomic E-state index is -1.20. The molecule has 2 bridgehead atoms. The summed E-state index contributed by atoms with van der Waals surface area (Å²) >= 11 is 6.56. The Kier molecular flexibility index (Phi) is 13.2. The van der Waals surface area contributed by atoms with E-state index in [0.717, 1.165) is 34.1 Å². The minimum Gasteiger partial charge on any atom is -0.471 e. The van der Waals surface area contributed by atoms with Gasteiger partial charge in [-0.05, 0) is 71.7 Å². The summed E-state index contributed by atoms with van der Waals surface area (Å²) in [5.41, 5.74) is 5.64. The molecule has 7 nitrogen and oxygen atoms in total. The predicted molar refractivity (Wildman–Crippen MR) is 176 cm³/mol. The first-order chi connectivity index (χ1) is 20.9. The van der Waals surface area contributed by atoms with Gasteiger partial charge in [-0.3, -0.25) is 9.78 Å². The smallest absolute Gasteiger partial charge is 0.292 e. The molecule has 1 aromatic heterocycles. The van der Waals surface area contributed by atoms with Crippen LogP contribution in [0.25, 0.3) is 23.3 Å². The van der Waals surface area contributed by atoms with E-state index in [-0.39, 0.29) is 0 Å². The fourth-order valence-electron chi connectivity index (χ4n) is 5.59. The van der Waals surface area contributed by atoms with Crippen LogP contribution < -0.4 is 10.2 Å². The van der Waals surface area contributed by atoms with Gasteiger partial charge in [-0.2, -0.15) is 0 Å². The summed E-state index contributed by atoms with van der Waals surface area (Å²) in [5, 5.41) is 14.5. The van der Waals surface area contributed by atoms with Crippen LogP contribution in [-0.2, 0) is 14.3 Å². The molecule has 1 unspecified atom stereocenters. The van der Waals surface area contributed by atoms with Crippen LogP contribution in [0.2, 0.25) is 5.02 Å². The first-order valence-electron chi connectivity index (χ1n) is 14.3. The number of carbonyl (C=O) groups is 1. The molecule has 8 heteroatoms. The number of allylic oxidation sites excluding steroid dienone is 1. The summed E-state index contributed by atoms with van der Waals surface area (Å²) < 4.78 is 3.86. The normalized spacial score (nSPS) is 17.0. The molecule has 0 aliphatic heterocycles. The molecule has 0 spiro atoms. The van der Waals surface area contributed by atoms with E-state index in [1.807, 2.05) is 56.5 Å². The molecule has 0 radical (unpaired) electrons. The van der Waals surface area contributed by atoms with Crippen molar-refractivity contribution in [2.24, 2.45) is 11.8 Å². The lowest BCUT2D eigenvalue weighted by Gasteiger charge is -2.26. The number of carbonyl (C=O) groups excluding carboxylic acids is 2. The zero-order chi connectivity index (χ0) is 31.2. The maximum absolute atomic E-state index is 11.2. The molecule has 1 atom stereocenters. The van der Waals surface area contributed by atoms with E-state index in [2.05, 4.69) is 21.6 Å². The van der Waals surface area contributed by atoms with Crippen LogP contribution in [0.1, 0.15) is 61.9 Å². The van der Waals surface area contributed by atoms with E-state index < -0.39 is 6.23 Å². The molecule has 2 fully saturated rings. The van der Waals surface area contributed by atoms with Crippen LogP contribution in [0.5, 0.6) is 0 Å². The van der Waals surface area contributed by atoms with Gasteiger partial charge < -0.3 is 20.1 Å². The van der Waals surface area contributed by atoms with E-state index >= 15 is 0 Å². The number of pyridine rings is 1. The van der Waals surface area contributed by atoms with Gasteiger partial charge in [0.25, 0.3) is 6.47 Å². The number of nitrogens with zero attached hydrogens (tertiary/aromatic N) is 2. The Morgan fingerprint density at radius 1 is 1.12 bits per heavy atom. The minimum absolute atomic E-state index is 0.370. The number of methoxy groups -OCH3 is 1. The number of anilines is 2. The molecule has 2 saturated carbocycles. The lowest BCUT2D eigenvalue weighted by atomic mass is 10.00. The van der Waals surface area contributed by atoms with Crippen LogP contribution in [0.4, 0.5) is 11.4 Å². The summed E-state index contributed by atoms with van der Waals surface area (Å²) in [6.07, 6.45) is 16.6. The van der Waals surface area contributed by atoms with Crippen LogP contribution in [-0.4, -0.2) is 36.7 Å². The maximum Gasteiger partial charge on any atom is 0.292 e. The Labute approximate surface area is 259 Å². The number of fused-ring (bicyclic) bond motifs is 2. The fraction of sp³-hybridized carbons (Fsp3) is 0.314. The molecular weight excluding hydrogens is 562 g/mol. The molecule has 0 amide bonds. The predicted octanol–water partition coefficient (Wildman–Crippen LogP) is 7.95. The van der Waals surface area contributed by atoms with E-state index in [1.165, 1.54) is 23.8 Å². The van der Waals surface area contributed by atoms with Crippen LogP contribution >= 0.6 is 11.6 Å². The van der Waals surface area contributed by atoms with Crippen molar-refractivity contribution in [3.63, 3.8) is 0 Å². The second kappa shape index (κ2) is 17.1. The van der Waals surface area contributed by atoms with Crippen molar-refractivity contribution in [1.82, 2.24) is 4.98 Å². The van der Waals surface area contributed by atoms with Gasteiger partial charge in [-0.15, -0.1) is 0 Å². The zero-order valence-corrected chi connectivity index (χ0v) is 25.8. The van der Waals surface area contributed by atoms with E-state index in [9.17, 15) is 9.90 Å². The number of hydrogen-bond acceptors (Lipinski definition) is 7. The number of nitrogens with one attached hydrogen (secondary N) is 1. The van der Waals surface area contributed by atoms with Gasteiger partial charge in [-0.25, -0.2) is 4.79 Å². The molecule has 2 aliphatic rings. The van der Waals surface area contributed by atoms with Crippen LogP contribution in [0, 0.1) is 11.8 Å². The topological polar surface area (TPSA) is 91.8 Å². The highest BCUT2D eigenvalue weighted by Crippen LogP contribution is 2.44. The summed E-state index contributed by atoms with van der Waals surface area (Å²) in [5.74, 6) is 4.08. The number of aliphatic hydroxyl groups is 1. The summed E-state index contributed by atoms with van der Waals surface area (Å²) in [7, 11) is 3.17. The third-order valence-corrected chi connectivity index (χ3v) is 8.07. The fourth-order valence-corrected chi connectivity index (χ4v) is 5.87. The Balaban J connectivity index is 0.000000381. The number of halogens is 1. The van der Waals surface area contributed by atoms with E-state index in [1.54, 1.807) is 68.6 Å². The number of rotatable bonds is 9. The van der Waals surface area contributed by atoms with Gasteiger partial charge in [0, 0.05) is 29.5 Å². The van der Waals surface area contributed by atoms with Crippen molar-refractivity contribution < 1.29 is 19.4 Å². The van der Waals surface area contributed by atoms with Crippen molar-refractivity contribution in [2.45, 2.75) is 45.3 Å². The van der Waals surface area contributed by atoms with Gasteiger partial charge in [0.05, 0.1) is 25.2 Å². The van der Waals surface area contributed by atoms with Crippen molar-refractivity contribution in [1.29, 1.82) is 0 Å². The number of ether oxygens (including phenoxy) is 1. The molecule has 2 aliphatic carbocycles. The third-order valence-electron chi connectivity index (χ3n) is 7.74. The number of aliphatic hydroxyl groups excluding tert-OH is 1. The Morgan fingerprint density at radius 2 is 1.77 bits per heavy atom. The highest BCUT2D eigenvalue weighted by molar-refractivity contribution is 6.31. The van der Waals surface area contributed by atoms with Crippen LogP contribution in [0.15, 0.2) is 73.7 Å². The van der Waals surface area contributed by atoms with Crippen molar-refractivity contribution in [2.75, 3.05) is 24.4 Å². The molecule has 5 rings (SSSR count). The average Bonchev–Trinajstić information content (AvgIpc) is 3.70. The van der Waals surface area contributed by atoms with E-state index in [4.69, 9.17) is 16.4 Å². The van der Waals surface area contributed by atoms with Gasteiger partial charge in [0.15, 0.2) is 6.23 Å². The molecule has 43 heavy (non-hydrogen) atoms. The lowest BCUT2D eigenvalue weighted by molar-refractivity contribution is -0.126. The number of aromatic nitrogens is 1. The molecular formula is C35H40ClN3O4. The second-order valence-corrected chi connectivity index (χ2v) is 10.9. The quantitative estimate of drug-likeness (QED) is 0.146. The number of hydrogen-bond donors (Lipinski definition) is 2. The maximum atomic E-state index is 11.2. The Bertz CT molecular complexity index is 1430. The molecule has 0 saturated heterocycles. The largest absolute Gasteiger partial charge is 0.471 e. The van der Waals surface area contributed by atoms with Gasteiger partial charge >= 0.3 is 0 Å². The molecule has 3 aromatic rings.